The fourth-order valence-corrected chi connectivity index (χ4v) is 2.70. The molecule has 0 unspecified atom stereocenters. The van der Waals surface area contributed by atoms with E-state index in [4.69, 9.17) is 10.7 Å². The number of hydrogen-bond acceptors (Lipinski definition) is 3. The first-order chi connectivity index (χ1) is 7.49. The first-order valence-corrected chi connectivity index (χ1v) is 7.54. The highest BCUT2D eigenvalue weighted by molar-refractivity contribution is 8.13. The van der Waals surface area contributed by atoms with Crippen molar-refractivity contribution in [1.29, 1.82) is 0 Å². The van der Waals surface area contributed by atoms with Gasteiger partial charge in [-0.05, 0) is 24.7 Å². The first kappa shape index (κ1) is 13.5. The Morgan fingerprint density at radius 2 is 1.75 bits per heavy atom. The largest absolute Gasteiger partial charge is 0.300 e. The molecule has 0 spiro atoms. The van der Waals surface area contributed by atoms with Crippen LogP contribution < -0.4 is 0 Å². The van der Waals surface area contributed by atoms with Crippen LogP contribution in [0.3, 0.4) is 0 Å². The Kier molecular flexibility index (Phi) is 4.77. The lowest BCUT2D eigenvalue weighted by Crippen LogP contribution is -2.23. The summed E-state index contributed by atoms with van der Waals surface area (Å²) in [6, 6.07) is 6.85. The molecule has 0 aliphatic carbocycles. The minimum Gasteiger partial charge on any atom is -0.300 e. The van der Waals surface area contributed by atoms with Crippen LogP contribution in [0.25, 0.3) is 0 Å². The molecular weight excluding hydrogens is 246 g/mol. The lowest BCUT2D eigenvalue weighted by Gasteiger charge is -2.19. The molecule has 0 saturated heterocycles. The van der Waals surface area contributed by atoms with Gasteiger partial charge in [0.05, 0.1) is 4.90 Å². The zero-order valence-electron chi connectivity index (χ0n) is 9.48. The molecule has 0 amide bonds. The third-order valence-electron chi connectivity index (χ3n) is 2.52. The molecule has 0 atom stereocenters. The molecule has 90 valence electrons. The lowest BCUT2D eigenvalue weighted by molar-refractivity contribution is 0.293. The molecule has 0 aliphatic heterocycles. The van der Waals surface area contributed by atoms with Gasteiger partial charge in [0.2, 0.25) is 0 Å². The molecule has 1 aromatic rings. The Morgan fingerprint density at radius 1 is 1.19 bits per heavy atom. The smallest absolute Gasteiger partial charge is 0.261 e. The Labute approximate surface area is 101 Å². The van der Waals surface area contributed by atoms with E-state index in [1.807, 2.05) is 19.9 Å². The summed E-state index contributed by atoms with van der Waals surface area (Å²) in [6.45, 7) is 6.46. The quantitative estimate of drug-likeness (QED) is 0.764. The molecule has 0 aromatic heterocycles. The molecule has 0 radical (unpaired) electrons. The van der Waals surface area contributed by atoms with E-state index >= 15 is 0 Å². The van der Waals surface area contributed by atoms with Gasteiger partial charge in [0, 0.05) is 17.2 Å². The van der Waals surface area contributed by atoms with E-state index < -0.39 is 9.05 Å². The topological polar surface area (TPSA) is 37.4 Å². The van der Waals surface area contributed by atoms with Crippen LogP contribution in [-0.4, -0.2) is 26.4 Å². The van der Waals surface area contributed by atoms with Crippen molar-refractivity contribution in [2.24, 2.45) is 0 Å². The maximum Gasteiger partial charge on any atom is 0.261 e. The number of hydrogen-bond donors (Lipinski definition) is 0. The Balaban J connectivity index is 3.05. The zero-order chi connectivity index (χ0) is 12.2. The second kappa shape index (κ2) is 5.66. The van der Waals surface area contributed by atoms with E-state index in [-0.39, 0.29) is 4.90 Å². The van der Waals surface area contributed by atoms with Crippen molar-refractivity contribution in [2.45, 2.75) is 25.3 Å². The highest BCUT2D eigenvalue weighted by Crippen LogP contribution is 2.20. The van der Waals surface area contributed by atoms with Gasteiger partial charge in [-0.25, -0.2) is 8.42 Å². The fraction of sp³-hybridized carbons (Fsp3) is 0.455. The molecule has 0 heterocycles. The second-order valence-corrected chi connectivity index (χ2v) is 6.04. The molecule has 16 heavy (non-hydrogen) atoms. The number of rotatable bonds is 5. The fourth-order valence-electron chi connectivity index (χ4n) is 1.56. The van der Waals surface area contributed by atoms with Gasteiger partial charge in [0.25, 0.3) is 9.05 Å². The van der Waals surface area contributed by atoms with Crippen LogP contribution in [-0.2, 0) is 15.6 Å². The van der Waals surface area contributed by atoms with Crippen LogP contribution in [0, 0.1) is 0 Å². The van der Waals surface area contributed by atoms with Crippen molar-refractivity contribution in [3.63, 3.8) is 0 Å². The maximum absolute atomic E-state index is 11.4. The van der Waals surface area contributed by atoms with Gasteiger partial charge in [-0.15, -0.1) is 0 Å². The molecule has 1 rings (SSSR count). The summed E-state index contributed by atoms with van der Waals surface area (Å²) in [4.78, 5) is 2.35. The second-order valence-electron chi connectivity index (χ2n) is 3.51. The minimum absolute atomic E-state index is 0.212. The van der Waals surface area contributed by atoms with E-state index in [2.05, 4.69) is 4.90 Å². The van der Waals surface area contributed by atoms with Crippen molar-refractivity contribution in [1.82, 2.24) is 4.90 Å². The molecule has 0 N–H and O–H groups in total. The molecule has 0 bridgehead atoms. The van der Waals surface area contributed by atoms with Crippen molar-refractivity contribution < 1.29 is 8.42 Å². The molecule has 1 aromatic carbocycles. The van der Waals surface area contributed by atoms with Gasteiger partial charge >= 0.3 is 0 Å². The standard InChI is InChI=1S/C11H16ClNO2S/c1-3-13(4-2)9-10-7-5-6-8-11(10)16(12,14)15/h5-8H,3-4,9H2,1-2H3. The first-order valence-electron chi connectivity index (χ1n) is 5.24. The van der Waals surface area contributed by atoms with Gasteiger partial charge in [-0.2, -0.15) is 0 Å². The summed E-state index contributed by atoms with van der Waals surface area (Å²) >= 11 is 0. The molecule has 0 saturated carbocycles. The van der Waals surface area contributed by atoms with Crippen LogP contribution in [0.4, 0.5) is 0 Å². The van der Waals surface area contributed by atoms with Gasteiger partial charge in [0.1, 0.15) is 0 Å². The Morgan fingerprint density at radius 3 is 2.25 bits per heavy atom. The van der Waals surface area contributed by atoms with E-state index in [1.165, 1.54) is 0 Å². The van der Waals surface area contributed by atoms with E-state index in [0.717, 1.165) is 18.7 Å². The third kappa shape index (κ3) is 3.47. The predicted octanol–water partition coefficient (Wildman–Crippen LogP) is 2.46. The Bertz CT molecular complexity index is 441. The van der Waals surface area contributed by atoms with E-state index in [1.54, 1.807) is 18.2 Å². The zero-order valence-corrected chi connectivity index (χ0v) is 11.1. The van der Waals surface area contributed by atoms with E-state index in [0.29, 0.717) is 6.54 Å². The van der Waals surface area contributed by atoms with Crippen LogP contribution in [0.5, 0.6) is 0 Å². The number of nitrogens with zero attached hydrogens (tertiary/aromatic N) is 1. The monoisotopic (exact) mass is 261 g/mol. The highest BCUT2D eigenvalue weighted by Gasteiger charge is 2.15. The molecule has 5 heteroatoms. The van der Waals surface area contributed by atoms with Crippen LogP contribution >= 0.6 is 10.7 Å². The number of halogens is 1. The van der Waals surface area contributed by atoms with Crippen molar-refractivity contribution in [3.8, 4) is 0 Å². The molecule has 0 aliphatic rings. The van der Waals surface area contributed by atoms with Gasteiger partial charge in [0.15, 0.2) is 0 Å². The van der Waals surface area contributed by atoms with Crippen LogP contribution in [0.15, 0.2) is 29.2 Å². The summed E-state index contributed by atoms with van der Waals surface area (Å²) < 4.78 is 22.7. The van der Waals surface area contributed by atoms with Gasteiger partial charge < -0.3 is 0 Å². The highest BCUT2D eigenvalue weighted by atomic mass is 35.7. The summed E-state index contributed by atoms with van der Waals surface area (Å²) in [5.41, 5.74) is 0.751. The average Bonchev–Trinajstić information content (AvgIpc) is 2.25. The van der Waals surface area contributed by atoms with Crippen LogP contribution in [0.1, 0.15) is 19.4 Å². The summed E-state index contributed by atoms with van der Waals surface area (Å²) in [5.74, 6) is 0. The number of benzene rings is 1. The summed E-state index contributed by atoms with van der Waals surface area (Å²) in [5, 5.41) is 0. The lowest BCUT2D eigenvalue weighted by atomic mass is 10.2. The third-order valence-corrected chi connectivity index (χ3v) is 3.95. The van der Waals surface area contributed by atoms with E-state index in [9.17, 15) is 8.42 Å². The summed E-state index contributed by atoms with van der Waals surface area (Å²) in [6.07, 6.45) is 0. The van der Waals surface area contributed by atoms with Gasteiger partial charge in [-0.1, -0.05) is 32.0 Å². The normalized spacial score (nSPS) is 12.0. The maximum atomic E-state index is 11.4. The van der Waals surface area contributed by atoms with Crippen molar-refractivity contribution >= 4 is 19.7 Å². The van der Waals surface area contributed by atoms with Crippen LogP contribution in [0.2, 0.25) is 0 Å². The minimum atomic E-state index is -3.65. The summed E-state index contributed by atoms with van der Waals surface area (Å²) in [7, 11) is 1.74. The molecule has 0 fully saturated rings. The van der Waals surface area contributed by atoms with Gasteiger partial charge in [-0.3, -0.25) is 4.90 Å². The SMILES string of the molecule is CCN(CC)Cc1ccccc1S(=O)(=O)Cl. The predicted molar refractivity (Wildman–Crippen MR) is 66.1 cm³/mol. The Hall–Kier alpha value is -0.580. The van der Waals surface area contributed by atoms with Crippen molar-refractivity contribution in [2.75, 3.05) is 13.1 Å². The average molecular weight is 262 g/mol. The van der Waals surface area contributed by atoms with Crippen molar-refractivity contribution in [3.05, 3.63) is 29.8 Å². The molecule has 3 nitrogen and oxygen atoms in total. The molecular formula is C11H16ClNO2S.